The molecule has 0 unspecified atom stereocenters. The van der Waals surface area contributed by atoms with E-state index in [4.69, 9.17) is 10.5 Å². The number of nitrogens with zero attached hydrogens (tertiary/aromatic N) is 2. The summed E-state index contributed by atoms with van der Waals surface area (Å²) < 4.78 is 31.3. The first-order chi connectivity index (χ1) is 9.95. The summed E-state index contributed by atoms with van der Waals surface area (Å²) in [7, 11) is -0.602. The largest absolute Gasteiger partial charge is 0.495 e. The minimum absolute atomic E-state index is 0.136. The molecule has 0 aliphatic rings. The number of aromatic nitrogens is 1. The number of sulfonamides is 1. The first-order valence-corrected chi connectivity index (χ1v) is 7.68. The molecule has 0 aliphatic heterocycles. The Morgan fingerprint density at radius 3 is 2.48 bits per heavy atom. The van der Waals surface area contributed by atoms with Crippen molar-refractivity contribution < 1.29 is 13.2 Å². The molecule has 1 aromatic heterocycles. The number of pyridine rings is 1. The highest BCUT2D eigenvalue weighted by Gasteiger charge is 2.21. The molecule has 0 fully saturated rings. The van der Waals surface area contributed by atoms with E-state index < -0.39 is 10.0 Å². The maximum atomic E-state index is 12.5. The molecule has 7 heteroatoms. The van der Waals surface area contributed by atoms with Gasteiger partial charge in [0.1, 0.15) is 5.75 Å². The van der Waals surface area contributed by atoms with Crippen molar-refractivity contribution in [1.29, 1.82) is 0 Å². The van der Waals surface area contributed by atoms with Crippen LogP contribution in [0.25, 0.3) is 0 Å². The van der Waals surface area contributed by atoms with Gasteiger partial charge in [0.15, 0.2) is 0 Å². The van der Waals surface area contributed by atoms with Crippen LogP contribution >= 0.6 is 0 Å². The summed E-state index contributed by atoms with van der Waals surface area (Å²) in [5, 5.41) is 0. The first-order valence-electron chi connectivity index (χ1n) is 6.24. The molecule has 2 N–H and O–H groups in total. The molecule has 21 heavy (non-hydrogen) atoms. The van der Waals surface area contributed by atoms with Crippen molar-refractivity contribution in [2.24, 2.45) is 0 Å². The van der Waals surface area contributed by atoms with Gasteiger partial charge in [0.05, 0.1) is 17.7 Å². The topological polar surface area (TPSA) is 85.5 Å². The molecule has 0 saturated heterocycles. The van der Waals surface area contributed by atoms with Crippen LogP contribution in [-0.2, 0) is 16.6 Å². The van der Waals surface area contributed by atoms with Crippen molar-refractivity contribution in [2.75, 3.05) is 19.9 Å². The van der Waals surface area contributed by atoms with Crippen LogP contribution in [0.15, 0.2) is 47.6 Å². The van der Waals surface area contributed by atoms with E-state index in [1.54, 1.807) is 30.6 Å². The molecule has 0 atom stereocenters. The Hall–Kier alpha value is -2.12. The second-order valence-electron chi connectivity index (χ2n) is 4.52. The van der Waals surface area contributed by atoms with Gasteiger partial charge in [0.2, 0.25) is 10.0 Å². The van der Waals surface area contributed by atoms with Crippen LogP contribution in [-0.4, -0.2) is 31.9 Å². The van der Waals surface area contributed by atoms with E-state index in [1.807, 2.05) is 0 Å². The minimum Gasteiger partial charge on any atom is -0.495 e. The molecule has 2 aromatic rings. The second kappa shape index (κ2) is 6.11. The highest BCUT2D eigenvalue weighted by Crippen LogP contribution is 2.26. The van der Waals surface area contributed by atoms with E-state index in [1.165, 1.54) is 30.6 Å². The molecule has 1 heterocycles. The number of methoxy groups -OCH3 is 1. The molecule has 0 bridgehead atoms. The van der Waals surface area contributed by atoms with Crippen LogP contribution in [0.2, 0.25) is 0 Å². The summed E-state index contributed by atoms with van der Waals surface area (Å²) in [6.45, 7) is 0.261. The maximum absolute atomic E-state index is 12.5. The Morgan fingerprint density at radius 1 is 1.24 bits per heavy atom. The highest BCUT2D eigenvalue weighted by atomic mass is 32.2. The normalized spacial score (nSPS) is 11.6. The number of benzene rings is 1. The van der Waals surface area contributed by atoms with Gasteiger partial charge in [-0.25, -0.2) is 8.42 Å². The van der Waals surface area contributed by atoms with E-state index in [-0.39, 0.29) is 17.1 Å². The van der Waals surface area contributed by atoms with Gasteiger partial charge in [0, 0.05) is 26.0 Å². The highest BCUT2D eigenvalue weighted by molar-refractivity contribution is 7.89. The molecular weight excluding hydrogens is 290 g/mol. The fourth-order valence-corrected chi connectivity index (χ4v) is 3.08. The van der Waals surface area contributed by atoms with E-state index >= 15 is 0 Å². The van der Waals surface area contributed by atoms with Gasteiger partial charge in [0.25, 0.3) is 0 Å². The Balaban J connectivity index is 2.27. The summed E-state index contributed by atoms with van der Waals surface area (Å²) in [5.41, 5.74) is 6.91. The molecule has 0 saturated carbocycles. The number of hydrogen-bond donors (Lipinski definition) is 1. The summed E-state index contributed by atoms with van der Waals surface area (Å²) >= 11 is 0. The fraction of sp³-hybridized carbons (Fsp3) is 0.214. The summed E-state index contributed by atoms with van der Waals surface area (Å²) in [6.07, 6.45) is 3.25. The lowest BCUT2D eigenvalue weighted by atomic mass is 10.3. The third kappa shape index (κ3) is 3.32. The molecular formula is C14H17N3O3S. The number of rotatable bonds is 5. The van der Waals surface area contributed by atoms with E-state index in [0.717, 1.165) is 5.56 Å². The lowest BCUT2D eigenvalue weighted by Crippen LogP contribution is -2.26. The number of nitrogens with two attached hydrogens (primary N) is 1. The molecule has 112 valence electrons. The van der Waals surface area contributed by atoms with Crippen molar-refractivity contribution >= 4 is 15.7 Å². The van der Waals surface area contributed by atoms with Crippen molar-refractivity contribution in [3.63, 3.8) is 0 Å². The third-order valence-corrected chi connectivity index (χ3v) is 4.86. The summed E-state index contributed by atoms with van der Waals surface area (Å²) in [4.78, 5) is 4.04. The zero-order chi connectivity index (χ0) is 15.5. The van der Waals surface area contributed by atoms with Crippen LogP contribution < -0.4 is 10.5 Å². The quantitative estimate of drug-likeness (QED) is 0.846. The maximum Gasteiger partial charge on any atom is 0.243 e. The van der Waals surface area contributed by atoms with Crippen molar-refractivity contribution in [2.45, 2.75) is 11.4 Å². The predicted octanol–water partition coefficient (Wildman–Crippen LogP) is 1.49. The van der Waals surface area contributed by atoms with Gasteiger partial charge in [-0.3, -0.25) is 4.98 Å². The van der Waals surface area contributed by atoms with Crippen LogP contribution in [0.3, 0.4) is 0 Å². The lowest BCUT2D eigenvalue weighted by molar-refractivity contribution is 0.416. The molecule has 6 nitrogen and oxygen atoms in total. The Kier molecular flexibility index (Phi) is 4.44. The van der Waals surface area contributed by atoms with Crippen LogP contribution in [0, 0.1) is 0 Å². The lowest BCUT2D eigenvalue weighted by Gasteiger charge is -2.18. The van der Waals surface area contributed by atoms with Gasteiger partial charge in [-0.2, -0.15) is 4.31 Å². The zero-order valence-electron chi connectivity index (χ0n) is 11.9. The number of ether oxygens (including phenoxy) is 1. The average Bonchev–Trinajstić information content (AvgIpc) is 2.48. The molecule has 2 rings (SSSR count). The minimum atomic E-state index is -3.61. The first kappa shape index (κ1) is 15.3. The second-order valence-corrected chi connectivity index (χ2v) is 6.57. The summed E-state index contributed by atoms with van der Waals surface area (Å²) in [6, 6.07) is 7.97. The SMILES string of the molecule is COc1ccc(S(=O)(=O)N(C)Cc2ccncc2)cc1N. The molecule has 0 amide bonds. The standard InChI is InChI=1S/C14H17N3O3S/c1-17(10-11-5-7-16-8-6-11)21(18,19)12-3-4-14(20-2)13(15)9-12/h3-9H,10,15H2,1-2H3. The van der Waals surface area contributed by atoms with Crippen LogP contribution in [0.5, 0.6) is 5.75 Å². The van der Waals surface area contributed by atoms with Gasteiger partial charge in [-0.1, -0.05) is 0 Å². The zero-order valence-corrected chi connectivity index (χ0v) is 12.7. The Morgan fingerprint density at radius 2 is 1.90 bits per heavy atom. The predicted molar refractivity (Wildman–Crippen MR) is 80.3 cm³/mol. The fourth-order valence-electron chi connectivity index (χ4n) is 1.88. The van der Waals surface area contributed by atoms with Gasteiger partial charge >= 0.3 is 0 Å². The van der Waals surface area contributed by atoms with Gasteiger partial charge in [-0.15, -0.1) is 0 Å². The van der Waals surface area contributed by atoms with Crippen molar-refractivity contribution in [3.05, 3.63) is 48.3 Å². The van der Waals surface area contributed by atoms with Crippen LogP contribution in [0.4, 0.5) is 5.69 Å². The van der Waals surface area contributed by atoms with E-state index in [2.05, 4.69) is 4.98 Å². The molecule has 0 radical (unpaired) electrons. The van der Waals surface area contributed by atoms with Gasteiger partial charge in [-0.05, 0) is 35.9 Å². The average molecular weight is 307 g/mol. The molecule has 0 spiro atoms. The van der Waals surface area contributed by atoms with Crippen LogP contribution in [0.1, 0.15) is 5.56 Å². The number of hydrogen-bond acceptors (Lipinski definition) is 5. The Labute approximate surface area is 124 Å². The van der Waals surface area contributed by atoms with E-state index in [9.17, 15) is 8.42 Å². The third-order valence-electron chi connectivity index (χ3n) is 3.06. The monoisotopic (exact) mass is 307 g/mol. The van der Waals surface area contributed by atoms with Crippen molar-refractivity contribution in [3.8, 4) is 5.75 Å². The van der Waals surface area contributed by atoms with Crippen molar-refractivity contribution in [1.82, 2.24) is 9.29 Å². The Bertz CT molecular complexity index is 717. The number of nitrogen functional groups attached to an aromatic ring is 1. The molecule has 0 aliphatic carbocycles. The van der Waals surface area contributed by atoms with Gasteiger partial charge < -0.3 is 10.5 Å². The van der Waals surface area contributed by atoms with E-state index in [0.29, 0.717) is 5.75 Å². The summed E-state index contributed by atoms with van der Waals surface area (Å²) in [5.74, 6) is 0.450. The number of anilines is 1. The molecule has 1 aromatic carbocycles. The smallest absolute Gasteiger partial charge is 0.243 e.